The van der Waals surface area contributed by atoms with Crippen molar-refractivity contribution < 1.29 is 24.2 Å². The van der Waals surface area contributed by atoms with Crippen LogP contribution in [0, 0.1) is 0 Å². The fraction of sp³-hybridized carbons (Fsp3) is 0.263. The fourth-order valence-corrected chi connectivity index (χ4v) is 3.15. The van der Waals surface area contributed by atoms with Gasteiger partial charge in [-0.2, -0.15) is 0 Å². The Bertz CT molecular complexity index is 854. The average Bonchev–Trinajstić information content (AvgIpc) is 3.25. The first-order chi connectivity index (χ1) is 12.6. The van der Waals surface area contributed by atoms with E-state index >= 15 is 0 Å². The second-order valence-electron chi connectivity index (χ2n) is 6.27. The Hall–Kier alpha value is -3.06. The highest BCUT2D eigenvalue weighted by atomic mass is 16.7. The van der Waals surface area contributed by atoms with Gasteiger partial charge in [0, 0.05) is 25.2 Å². The van der Waals surface area contributed by atoms with E-state index in [-0.39, 0.29) is 26.3 Å². The largest absolute Gasteiger partial charge is 0.454 e. The van der Waals surface area contributed by atoms with Crippen molar-refractivity contribution in [2.45, 2.75) is 18.6 Å². The summed E-state index contributed by atoms with van der Waals surface area (Å²) in [6, 6.07) is 14.3. The second-order valence-corrected chi connectivity index (χ2v) is 6.27. The molecule has 2 heterocycles. The minimum atomic E-state index is -2.05. The molecule has 0 radical (unpaired) electrons. The van der Waals surface area contributed by atoms with Crippen LogP contribution in [0.3, 0.4) is 0 Å². The molecule has 0 saturated carbocycles. The molecular formula is C19H18N2O5. The molecular weight excluding hydrogens is 336 g/mol. The summed E-state index contributed by atoms with van der Waals surface area (Å²) in [6.07, 6.45) is 0.0493. The maximum Gasteiger partial charge on any atom is 0.268 e. The zero-order valence-electron chi connectivity index (χ0n) is 14.0. The molecule has 2 aromatic carbocycles. The Morgan fingerprint density at radius 1 is 1.15 bits per heavy atom. The molecule has 2 amide bonds. The van der Waals surface area contributed by atoms with Crippen LogP contribution < -0.4 is 19.7 Å². The monoisotopic (exact) mass is 354 g/mol. The number of benzene rings is 2. The molecule has 7 heteroatoms. The van der Waals surface area contributed by atoms with Crippen molar-refractivity contribution in [3.63, 3.8) is 0 Å². The summed E-state index contributed by atoms with van der Waals surface area (Å²) in [4.78, 5) is 26.5. The quantitative estimate of drug-likeness (QED) is 0.806. The predicted molar refractivity (Wildman–Crippen MR) is 92.8 cm³/mol. The number of ether oxygens (including phenoxy) is 2. The predicted octanol–water partition coefficient (Wildman–Crippen LogP) is 1.20. The van der Waals surface area contributed by atoms with E-state index in [0.29, 0.717) is 17.2 Å². The number of nitrogens with one attached hydrogen (secondary N) is 1. The molecule has 26 heavy (non-hydrogen) atoms. The van der Waals surface area contributed by atoms with Crippen molar-refractivity contribution in [2.24, 2.45) is 0 Å². The SMILES string of the molecule is O=C(NCc1ccc2c(c1)OCO2)C1(O)CCN(c2ccccc2)C1=O. The topological polar surface area (TPSA) is 88.1 Å². The molecule has 2 aliphatic heterocycles. The van der Waals surface area contributed by atoms with Gasteiger partial charge in [0.05, 0.1) is 0 Å². The number of rotatable bonds is 4. The number of amides is 2. The second kappa shape index (κ2) is 6.34. The van der Waals surface area contributed by atoms with Gasteiger partial charge >= 0.3 is 0 Å². The molecule has 1 atom stereocenters. The number of anilines is 1. The highest BCUT2D eigenvalue weighted by Crippen LogP contribution is 2.33. The van der Waals surface area contributed by atoms with Crippen LogP contribution in [0.4, 0.5) is 5.69 Å². The Morgan fingerprint density at radius 2 is 1.92 bits per heavy atom. The first kappa shape index (κ1) is 16.4. The maximum atomic E-state index is 12.6. The fourth-order valence-electron chi connectivity index (χ4n) is 3.15. The lowest BCUT2D eigenvalue weighted by atomic mass is 10.0. The van der Waals surface area contributed by atoms with Crippen molar-refractivity contribution in [2.75, 3.05) is 18.2 Å². The van der Waals surface area contributed by atoms with E-state index in [1.165, 1.54) is 4.90 Å². The van der Waals surface area contributed by atoms with Crippen LogP contribution in [0.5, 0.6) is 11.5 Å². The molecule has 0 spiro atoms. The van der Waals surface area contributed by atoms with E-state index < -0.39 is 17.4 Å². The molecule has 0 bridgehead atoms. The van der Waals surface area contributed by atoms with Crippen LogP contribution in [-0.2, 0) is 16.1 Å². The average molecular weight is 354 g/mol. The summed E-state index contributed by atoms with van der Waals surface area (Å²) < 4.78 is 10.5. The Kier molecular flexibility index (Phi) is 4.00. The third-order valence-corrected chi connectivity index (χ3v) is 4.63. The van der Waals surface area contributed by atoms with Crippen molar-refractivity contribution in [1.29, 1.82) is 0 Å². The van der Waals surface area contributed by atoms with Crippen molar-refractivity contribution >= 4 is 17.5 Å². The summed E-state index contributed by atoms with van der Waals surface area (Å²) in [5.74, 6) is -0.0312. The van der Waals surface area contributed by atoms with E-state index in [0.717, 1.165) is 5.56 Å². The smallest absolute Gasteiger partial charge is 0.268 e. The van der Waals surface area contributed by atoms with Gasteiger partial charge in [-0.25, -0.2) is 0 Å². The lowest BCUT2D eigenvalue weighted by Crippen LogP contribution is -2.52. The van der Waals surface area contributed by atoms with Gasteiger partial charge in [0.2, 0.25) is 12.4 Å². The van der Waals surface area contributed by atoms with Crippen LogP contribution >= 0.6 is 0 Å². The van der Waals surface area contributed by atoms with Crippen LogP contribution in [0.2, 0.25) is 0 Å². The molecule has 1 unspecified atom stereocenters. The number of nitrogens with zero attached hydrogens (tertiary/aromatic N) is 1. The van der Waals surface area contributed by atoms with Crippen molar-refractivity contribution in [3.8, 4) is 11.5 Å². The van der Waals surface area contributed by atoms with Gasteiger partial charge in [-0.1, -0.05) is 24.3 Å². The zero-order valence-corrected chi connectivity index (χ0v) is 14.0. The number of aliphatic hydroxyl groups is 1. The first-order valence-corrected chi connectivity index (χ1v) is 8.34. The van der Waals surface area contributed by atoms with Crippen molar-refractivity contribution in [1.82, 2.24) is 5.32 Å². The van der Waals surface area contributed by atoms with Gasteiger partial charge in [0.1, 0.15) is 0 Å². The molecule has 2 aliphatic rings. The van der Waals surface area contributed by atoms with Gasteiger partial charge in [-0.3, -0.25) is 9.59 Å². The first-order valence-electron chi connectivity index (χ1n) is 8.34. The highest BCUT2D eigenvalue weighted by Gasteiger charge is 2.51. The van der Waals surface area contributed by atoms with Crippen molar-refractivity contribution in [3.05, 3.63) is 54.1 Å². The molecule has 7 nitrogen and oxygen atoms in total. The molecule has 134 valence electrons. The summed E-state index contributed by atoms with van der Waals surface area (Å²) >= 11 is 0. The number of carbonyl (C=O) groups excluding carboxylic acids is 2. The molecule has 2 N–H and O–H groups in total. The summed E-state index contributed by atoms with van der Waals surface area (Å²) in [5, 5.41) is 13.3. The molecule has 1 saturated heterocycles. The molecule has 2 aromatic rings. The third-order valence-electron chi connectivity index (χ3n) is 4.63. The van der Waals surface area contributed by atoms with E-state index in [1.807, 2.05) is 6.07 Å². The molecule has 0 aliphatic carbocycles. The number of hydrogen-bond donors (Lipinski definition) is 2. The third kappa shape index (κ3) is 2.76. The van der Waals surface area contributed by atoms with E-state index in [9.17, 15) is 14.7 Å². The minimum Gasteiger partial charge on any atom is -0.454 e. The highest BCUT2D eigenvalue weighted by molar-refractivity contribution is 6.16. The van der Waals surface area contributed by atoms with Gasteiger partial charge in [0.15, 0.2) is 11.5 Å². The summed E-state index contributed by atoms with van der Waals surface area (Å²) in [6.45, 7) is 0.641. The van der Waals surface area contributed by atoms with Gasteiger partial charge < -0.3 is 24.8 Å². The molecule has 4 rings (SSSR count). The number of para-hydroxylation sites is 1. The normalized spacial score (nSPS) is 21.1. The Balaban J connectivity index is 1.43. The standard InChI is InChI=1S/C19H18N2O5/c22-17(20-11-13-6-7-15-16(10-13)26-12-25-15)19(24)8-9-21(18(19)23)14-4-2-1-3-5-14/h1-7,10,24H,8-9,11-12H2,(H,20,22). The van der Waals surface area contributed by atoms with E-state index in [4.69, 9.17) is 9.47 Å². The van der Waals surface area contributed by atoms with Crippen LogP contribution in [0.25, 0.3) is 0 Å². The Labute approximate surface area is 150 Å². The molecule has 1 fully saturated rings. The summed E-state index contributed by atoms with van der Waals surface area (Å²) in [5.41, 5.74) is -0.597. The number of hydrogen-bond acceptors (Lipinski definition) is 5. The lowest BCUT2D eigenvalue weighted by molar-refractivity contribution is -0.149. The van der Waals surface area contributed by atoms with Gasteiger partial charge in [0.25, 0.3) is 11.8 Å². The van der Waals surface area contributed by atoms with Gasteiger partial charge in [-0.05, 0) is 29.8 Å². The van der Waals surface area contributed by atoms with E-state index in [1.54, 1.807) is 42.5 Å². The van der Waals surface area contributed by atoms with Gasteiger partial charge in [-0.15, -0.1) is 0 Å². The lowest BCUT2D eigenvalue weighted by Gasteiger charge is -2.21. The van der Waals surface area contributed by atoms with Crippen LogP contribution in [0.15, 0.2) is 48.5 Å². The summed E-state index contributed by atoms with van der Waals surface area (Å²) in [7, 11) is 0. The zero-order chi connectivity index (χ0) is 18.1. The Morgan fingerprint density at radius 3 is 2.73 bits per heavy atom. The van der Waals surface area contributed by atoms with Crippen LogP contribution in [0.1, 0.15) is 12.0 Å². The van der Waals surface area contributed by atoms with E-state index in [2.05, 4.69) is 5.32 Å². The molecule has 0 aromatic heterocycles. The number of fused-ring (bicyclic) bond motifs is 1. The minimum absolute atomic E-state index is 0.0493. The van der Waals surface area contributed by atoms with Crippen LogP contribution in [-0.4, -0.2) is 35.9 Å². The number of carbonyl (C=O) groups is 2. The maximum absolute atomic E-state index is 12.6.